The van der Waals surface area contributed by atoms with Gasteiger partial charge in [-0.15, -0.1) is 0 Å². The quantitative estimate of drug-likeness (QED) is 0.231. The van der Waals surface area contributed by atoms with Crippen LogP contribution in [0.5, 0.6) is 0 Å². The molecule has 0 aromatic heterocycles. The Kier molecular flexibility index (Phi) is 8.20. The van der Waals surface area contributed by atoms with E-state index in [4.69, 9.17) is 18.6 Å². The normalized spacial score (nSPS) is 35.2. The molecule has 248 valence electrons. The van der Waals surface area contributed by atoms with Crippen molar-refractivity contribution in [3.05, 3.63) is 72.3 Å². The zero-order valence-electron chi connectivity index (χ0n) is 28.3. The van der Waals surface area contributed by atoms with Crippen LogP contribution in [0.15, 0.2) is 72.3 Å². The molecule has 2 aromatic rings. The van der Waals surface area contributed by atoms with E-state index in [1.54, 1.807) is 0 Å². The first-order valence-electron chi connectivity index (χ1n) is 17.5. The Morgan fingerprint density at radius 3 is 2.13 bits per heavy atom. The highest BCUT2D eigenvalue weighted by atomic mass is 28.4. The molecular weight excluding hydrogens is 593 g/mol. The molecule has 6 nitrogen and oxygen atoms in total. The molecule has 1 saturated heterocycles. The number of rotatable bonds is 6. The second-order valence-corrected chi connectivity index (χ2v) is 20.4. The smallest absolute Gasteiger partial charge is 0.302 e. The number of hydrogen-bond acceptors (Lipinski definition) is 6. The zero-order valence-corrected chi connectivity index (χ0v) is 29.3. The molecule has 2 aromatic carbocycles. The highest BCUT2D eigenvalue weighted by molar-refractivity contribution is 6.99. The third kappa shape index (κ3) is 4.99. The third-order valence-electron chi connectivity index (χ3n) is 12.9. The molecule has 1 spiro atoms. The minimum atomic E-state index is -2.81. The predicted octanol–water partition coefficient (Wildman–Crippen LogP) is 6.15. The summed E-state index contributed by atoms with van der Waals surface area (Å²) in [6.07, 6.45) is 7.72. The Hall–Kier alpha value is -2.29. The van der Waals surface area contributed by atoms with Crippen molar-refractivity contribution in [1.82, 2.24) is 0 Å². The molecule has 0 radical (unpaired) electrons. The van der Waals surface area contributed by atoms with Crippen LogP contribution in [0.25, 0.3) is 0 Å². The van der Waals surface area contributed by atoms with Crippen molar-refractivity contribution in [2.24, 2.45) is 28.6 Å². The monoisotopic (exact) mass is 644 g/mol. The molecule has 3 saturated carbocycles. The fraction of sp³-hybridized carbons (Fsp3) is 0.615. The molecule has 46 heavy (non-hydrogen) atoms. The van der Waals surface area contributed by atoms with Gasteiger partial charge in [-0.1, -0.05) is 100 Å². The maximum absolute atomic E-state index is 12.1. The van der Waals surface area contributed by atoms with Gasteiger partial charge in [0.25, 0.3) is 8.32 Å². The summed E-state index contributed by atoms with van der Waals surface area (Å²) in [5.41, 5.74) is 0.885. The lowest BCUT2D eigenvalue weighted by Gasteiger charge is -2.61. The van der Waals surface area contributed by atoms with Gasteiger partial charge in [0.1, 0.15) is 6.10 Å². The van der Waals surface area contributed by atoms with E-state index >= 15 is 0 Å². The summed E-state index contributed by atoms with van der Waals surface area (Å²) < 4.78 is 26.3. The van der Waals surface area contributed by atoms with Gasteiger partial charge in [-0.05, 0) is 65.3 Å². The molecule has 7 atom stereocenters. The molecule has 0 bridgehead atoms. The summed E-state index contributed by atoms with van der Waals surface area (Å²) in [7, 11) is -2.81. The molecule has 1 N–H and O–H groups in total. The van der Waals surface area contributed by atoms with Crippen LogP contribution in [0.3, 0.4) is 0 Å². The van der Waals surface area contributed by atoms with Gasteiger partial charge in [0.2, 0.25) is 0 Å². The average Bonchev–Trinajstić information content (AvgIpc) is 3.62. The van der Waals surface area contributed by atoms with Crippen LogP contribution >= 0.6 is 0 Å². The average molecular weight is 645 g/mol. The minimum absolute atomic E-state index is 0.0882. The molecule has 4 aliphatic carbocycles. The van der Waals surface area contributed by atoms with Crippen LogP contribution < -0.4 is 10.4 Å². The Morgan fingerprint density at radius 1 is 0.913 bits per heavy atom. The van der Waals surface area contributed by atoms with Crippen LogP contribution in [-0.2, 0) is 23.4 Å². The van der Waals surface area contributed by atoms with Gasteiger partial charge < -0.3 is 23.7 Å². The Balaban J connectivity index is 1.32. The number of fused-ring (bicyclic) bond motifs is 5. The van der Waals surface area contributed by atoms with Crippen LogP contribution in [-0.4, -0.2) is 57.2 Å². The molecule has 0 unspecified atom stereocenters. The molecule has 4 fully saturated rings. The molecular formula is C39H52O6Si. The predicted molar refractivity (Wildman–Crippen MR) is 181 cm³/mol. The lowest BCUT2D eigenvalue weighted by molar-refractivity contribution is -0.196. The summed E-state index contributed by atoms with van der Waals surface area (Å²) in [6.45, 7) is 12.7. The van der Waals surface area contributed by atoms with E-state index in [9.17, 15) is 9.90 Å². The Morgan fingerprint density at radius 2 is 1.54 bits per heavy atom. The number of benzene rings is 2. The summed E-state index contributed by atoms with van der Waals surface area (Å²) in [5.74, 6) is -0.178. The zero-order chi connectivity index (χ0) is 32.4. The van der Waals surface area contributed by atoms with E-state index < -0.39 is 20.2 Å². The maximum atomic E-state index is 12.1. The topological polar surface area (TPSA) is 74.2 Å². The Bertz CT molecular complexity index is 1410. The summed E-state index contributed by atoms with van der Waals surface area (Å²) in [6, 6.07) is 21.8. The van der Waals surface area contributed by atoms with E-state index in [1.807, 2.05) is 0 Å². The second-order valence-electron chi connectivity index (χ2n) is 16.1. The van der Waals surface area contributed by atoms with Crippen molar-refractivity contribution in [2.45, 2.75) is 103 Å². The maximum Gasteiger partial charge on any atom is 0.302 e. The van der Waals surface area contributed by atoms with Crippen LogP contribution in [0.1, 0.15) is 79.6 Å². The first kappa shape index (κ1) is 32.3. The molecule has 7 rings (SSSR count). The van der Waals surface area contributed by atoms with Crippen molar-refractivity contribution < 1.29 is 28.5 Å². The van der Waals surface area contributed by atoms with Crippen LogP contribution in [0.4, 0.5) is 0 Å². The largest absolute Gasteiger partial charge is 0.462 e. The highest BCUT2D eigenvalue weighted by Gasteiger charge is 2.65. The minimum Gasteiger partial charge on any atom is -0.462 e. The van der Waals surface area contributed by atoms with E-state index in [-0.39, 0.29) is 45.7 Å². The highest BCUT2D eigenvalue weighted by Crippen LogP contribution is 2.66. The van der Waals surface area contributed by atoms with Crippen molar-refractivity contribution >= 4 is 24.7 Å². The Labute approximate surface area is 276 Å². The third-order valence-corrected chi connectivity index (χ3v) is 17.8. The van der Waals surface area contributed by atoms with E-state index in [1.165, 1.54) is 22.9 Å². The van der Waals surface area contributed by atoms with Crippen LogP contribution in [0.2, 0.25) is 5.04 Å². The van der Waals surface area contributed by atoms with Crippen molar-refractivity contribution in [3.8, 4) is 0 Å². The fourth-order valence-electron chi connectivity index (χ4n) is 10.8. The summed E-state index contributed by atoms with van der Waals surface area (Å²) in [4.78, 5) is 12.1. The van der Waals surface area contributed by atoms with Crippen LogP contribution in [0, 0.1) is 28.6 Å². The SMILES string of the molecule is CC(=O)O[C@H]1CC[C@H]2[C@@H]3[C@@H](O)C=C4CC5(CC[C@]4(CO[Si](c4ccccc4)(c4ccccc4)C(C)(C)C)[C@H]3CC[C@]12C)OCCO5. The van der Waals surface area contributed by atoms with Gasteiger partial charge >= 0.3 is 5.97 Å². The number of aliphatic hydroxyl groups is 1. The molecule has 1 aliphatic heterocycles. The van der Waals surface area contributed by atoms with Crippen molar-refractivity contribution in [2.75, 3.05) is 19.8 Å². The molecule has 7 heteroatoms. The van der Waals surface area contributed by atoms with Gasteiger partial charge in [0.05, 0.1) is 19.3 Å². The lowest BCUT2D eigenvalue weighted by atomic mass is 9.46. The number of hydrogen-bond donors (Lipinski definition) is 1. The first-order chi connectivity index (χ1) is 21.9. The molecule has 1 heterocycles. The number of carbonyl (C=O) groups excluding carboxylic acids is 1. The fourth-order valence-corrected chi connectivity index (χ4v) is 15.4. The van der Waals surface area contributed by atoms with Gasteiger partial charge in [0.15, 0.2) is 5.79 Å². The number of aliphatic hydroxyl groups excluding tert-OH is 1. The van der Waals surface area contributed by atoms with Crippen molar-refractivity contribution in [1.29, 1.82) is 0 Å². The van der Waals surface area contributed by atoms with E-state index in [0.29, 0.717) is 26.2 Å². The summed E-state index contributed by atoms with van der Waals surface area (Å²) in [5, 5.41) is 14.5. The molecule has 5 aliphatic rings. The van der Waals surface area contributed by atoms with Gasteiger partial charge in [-0.3, -0.25) is 4.79 Å². The standard InChI is InChI=1S/C39H52O6Si/c1-27(40)45-34-17-16-31-35-32(18-19-37(31,34)5)38(20-21-39(42-22-23-43-39)25-28(38)24-33(35)41)26-44-46(36(2,3)4,29-12-8-6-9-13-29)30-14-10-7-11-15-30/h6-15,24,31-35,41H,16-23,25-26H2,1-5H3/t31-,32-,33-,34-,35-,37-,38+/m0/s1. The van der Waals surface area contributed by atoms with Crippen molar-refractivity contribution in [3.63, 3.8) is 0 Å². The second kappa shape index (κ2) is 11.7. The number of carbonyl (C=O) groups is 1. The number of ether oxygens (including phenoxy) is 3. The molecule has 0 amide bonds. The van der Waals surface area contributed by atoms with E-state index in [0.717, 1.165) is 38.5 Å². The lowest BCUT2D eigenvalue weighted by Crippen LogP contribution is -2.68. The van der Waals surface area contributed by atoms with Gasteiger partial charge in [-0.2, -0.15) is 0 Å². The van der Waals surface area contributed by atoms with E-state index in [2.05, 4.69) is 94.4 Å². The van der Waals surface area contributed by atoms with Gasteiger partial charge in [-0.25, -0.2) is 0 Å². The number of esters is 1. The van der Waals surface area contributed by atoms with Gasteiger partial charge in [0, 0.05) is 37.2 Å². The first-order valence-corrected chi connectivity index (χ1v) is 19.4. The summed E-state index contributed by atoms with van der Waals surface area (Å²) >= 11 is 0.